The fourth-order valence-corrected chi connectivity index (χ4v) is 0.112. The molecule has 1 nitrogen and oxygen atoms in total. The number of nitrogens with zero attached hydrogens (tertiary/aromatic N) is 1. The summed E-state index contributed by atoms with van der Waals surface area (Å²) in [4.78, 5) is 0. The molecule has 0 amide bonds. The van der Waals surface area contributed by atoms with E-state index in [1.54, 1.807) is 0 Å². The molecule has 0 rings (SSSR count). The molecule has 0 fully saturated rings. The predicted molar refractivity (Wildman–Crippen MR) is 30.5 cm³/mol. The first kappa shape index (κ1) is 9.39. The molecule has 0 aliphatic rings. The number of hydrogen-bond acceptors (Lipinski definition) is 1. The molecule has 0 saturated carbocycles. The SMILES string of the molecule is CCCC#N.[AlH3]. The van der Waals surface area contributed by atoms with E-state index in [-0.39, 0.29) is 17.4 Å². The highest BCUT2D eigenvalue weighted by Gasteiger charge is 1.65. The molecule has 0 unspecified atom stereocenters. The molecule has 0 aromatic rings. The summed E-state index contributed by atoms with van der Waals surface area (Å²) in [7, 11) is 0. The maximum atomic E-state index is 7.82. The monoisotopic (exact) mass is 99.1 g/mol. The topological polar surface area (TPSA) is 23.8 Å². The molecule has 0 aliphatic carbocycles. The summed E-state index contributed by atoms with van der Waals surface area (Å²) in [5.74, 6) is 0. The Morgan fingerprint density at radius 3 is 2.17 bits per heavy atom. The lowest BCUT2D eigenvalue weighted by atomic mass is 10.4. The standard InChI is InChI=1S/C4H7N.Al.3H/c1-2-3-4-5;;;;/h2-3H2,1H3;;;;. The predicted octanol–water partition coefficient (Wildman–Crippen LogP) is 0.126. The molecule has 0 atom stereocenters. The molecule has 34 valence electrons. The largest absolute Gasteiger partial charge is 0.198 e. The van der Waals surface area contributed by atoms with E-state index < -0.39 is 0 Å². The second-order valence-electron chi connectivity index (χ2n) is 0.908. The summed E-state index contributed by atoms with van der Waals surface area (Å²) in [5, 5.41) is 7.82. The number of nitriles is 1. The first-order chi connectivity index (χ1) is 2.41. The minimum atomic E-state index is 0. The summed E-state index contributed by atoms with van der Waals surface area (Å²) in [6.45, 7) is 1.99. The van der Waals surface area contributed by atoms with Crippen molar-refractivity contribution in [2.45, 2.75) is 19.8 Å². The summed E-state index contributed by atoms with van der Waals surface area (Å²) in [6.07, 6.45) is 1.68. The van der Waals surface area contributed by atoms with Crippen LogP contribution in [0.15, 0.2) is 0 Å². The van der Waals surface area contributed by atoms with Crippen molar-refractivity contribution in [1.29, 1.82) is 5.26 Å². The van der Waals surface area contributed by atoms with Gasteiger partial charge in [0.2, 0.25) is 0 Å². The van der Waals surface area contributed by atoms with Crippen molar-refractivity contribution in [3.8, 4) is 6.07 Å². The van der Waals surface area contributed by atoms with Gasteiger partial charge in [-0.05, 0) is 6.42 Å². The number of rotatable bonds is 1. The quantitative estimate of drug-likeness (QED) is 0.428. The molecule has 0 saturated heterocycles. The van der Waals surface area contributed by atoms with E-state index >= 15 is 0 Å². The van der Waals surface area contributed by atoms with Gasteiger partial charge in [0, 0.05) is 6.42 Å². The highest BCUT2D eigenvalue weighted by molar-refractivity contribution is 5.75. The molecule has 0 aromatic heterocycles. The first-order valence-electron chi connectivity index (χ1n) is 1.78. The minimum Gasteiger partial charge on any atom is -0.198 e. The Morgan fingerprint density at radius 1 is 1.67 bits per heavy atom. The maximum Gasteiger partial charge on any atom is 0.187 e. The molecular weight excluding hydrogens is 89.0 g/mol. The molecule has 0 bridgehead atoms. The lowest BCUT2D eigenvalue weighted by molar-refractivity contribution is 0.969. The van der Waals surface area contributed by atoms with Gasteiger partial charge in [-0.1, -0.05) is 6.92 Å². The minimum absolute atomic E-state index is 0. The molecule has 0 heterocycles. The summed E-state index contributed by atoms with van der Waals surface area (Å²) >= 11 is 0. The molecule has 0 spiro atoms. The van der Waals surface area contributed by atoms with Gasteiger partial charge in [-0.25, -0.2) is 0 Å². The molecule has 0 radical (unpaired) electrons. The van der Waals surface area contributed by atoms with Gasteiger partial charge in [0.25, 0.3) is 0 Å². The maximum absolute atomic E-state index is 7.82. The summed E-state index contributed by atoms with van der Waals surface area (Å²) in [5.41, 5.74) is 0. The third-order valence-corrected chi connectivity index (χ3v) is 0.362. The van der Waals surface area contributed by atoms with Gasteiger partial charge < -0.3 is 0 Å². The molecular formula is C4H10AlN. The van der Waals surface area contributed by atoms with Crippen molar-refractivity contribution in [3.05, 3.63) is 0 Å². The van der Waals surface area contributed by atoms with E-state index in [4.69, 9.17) is 5.26 Å². The fraction of sp³-hybridized carbons (Fsp3) is 0.750. The van der Waals surface area contributed by atoms with Gasteiger partial charge in [-0.2, -0.15) is 5.26 Å². The second-order valence-corrected chi connectivity index (χ2v) is 0.908. The van der Waals surface area contributed by atoms with Gasteiger partial charge in [0.1, 0.15) is 0 Å². The van der Waals surface area contributed by atoms with Crippen molar-refractivity contribution < 1.29 is 0 Å². The van der Waals surface area contributed by atoms with Crippen molar-refractivity contribution in [2.24, 2.45) is 0 Å². The smallest absolute Gasteiger partial charge is 0.187 e. The Kier molecular flexibility index (Phi) is 13.9. The average Bonchev–Trinajstić information content (AvgIpc) is 1.41. The van der Waals surface area contributed by atoms with Crippen LogP contribution in [-0.2, 0) is 0 Å². The van der Waals surface area contributed by atoms with E-state index in [1.807, 2.05) is 13.0 Å². The Balaban J connectivity index is 0. The van der Waals surface area contributed by atoms with Gasteiger partial charge >= 0.3 is 0 Å². The van der Waals surface area contributed by atoms with Gasteiger partial charge in [-0.3, -0.25) is 0 Å². The highest BCUT2D eigenvalue weighted by Crippen LogP contribution is 1.77. The molecule has 0 N–H and O–H groups in total. The molecule has 2 heteroatoms. The van der Waals surface area contributed by atoms with Crippen LogP contribution >= 0.6 is 0 Å². The van der Waals surface area contributed by atoms with Crippen LogP contribution in [0.5, 0.6) is 0 Å². The normalized spacial score (nSPS) is 5.33. The van der Waals surface area contributed by atoms with E-state index in [9.17, 15) is 0 Å². The average molecular weight is 99.1 g/mol. The zero-order valence-electron chi connectivity index (χ0n) is 3.36. The Bertz CT molecular complexity index is 46.0. The van der Waals surface area contributed by atoms with Gasteiger partial charge in [0.05, 0.1) is 6.07 Å². The van der Waals surface area contributed by atoms with Crippen molar-refractivity contribution >= 4 is 17.4 Å². The van der Waals surface area contributed by atoms with Gasteiger partial charge in [0.15, 0.2) is 17.4 Å². The van der Waals surface area contributed by atoms with E-state index in [0.717, 1.165) is 6.42 Å². The van der Waals surface area contributed by atoms with E-state index in [2.05, 4.69) is 0 Å². The highest BCUT2D eigenvalue weighted by atomic mass is 27.0. The van der Waals surface area contributed by atoms with Crippen LogP contribution in [0.1, 0.15) is 19.8 Å². The molecule has 0 aromatic carbocycles. The Morgan fingerprint density at radius 2 is 2.17 bits per heavy atom. The van der Waals surface area contributed by atoms with Crippen LogP contribution in [0, 0.1) is 11.3 Å². The third kappa shape index (κ3) is 8.98. The van der Waals surface area contributed by atoms with Crippen molar-refractivity contribution in [1.82, 2.24) is 0 Å². The first-order valence-corrected chi connectivity index (χ1v) is 1.78. The van der Waals surface area contributed by atoms with Crippen LogP contribution in [-0.4, -0.2) is 17.4 Å². The summed E-state index contributed by atoms with van der Waals surface area (Å²) < 4.78 is 0. The fourth-order valence-electron chi connectivity index (χ4n) is 0.112. The van der Waals surface area contributed by atoms with Crippen molar-refractivity contribution in [3.63, 3.8) is 0 Å². The molecule has 0 aliphatic heterocycles. The third-order valence-electron chi connectivity index (χ3n) is 0.362. The van der Waals surface area contributed by atoms with Crippen LogP contribution < -0.4 is 0 Å². The lowest BCUT2D eigenvalue weighted by Crippen LogP contribution is -1.53. The Hall–Kier alpha value is 0.0225. The zero-order valence-corrected chi connectivity index (χ0v) is 3.36. The van der Waals surface area contributed by atoms with E-state index in [0.29, 0.717) is 6.42 Å². The number of hydrogen-bond donors (Lipinski definition) is 0. The van der Waals surface area contributed by atoms with Crippen LogP contribution in [0.2, 0.25) is 0 Å². The van der Waals surface area contributed by atoms with E-state index in [1.165, 1.54) is 0 Å². The Labute approximate surface area is 49.1 Å². The zero-order chi connectivity index (χ0) is 4.12. The lowest BCUT2D eigenvalue weighted by Gasteiger charge is -1.65. The van der Waals surface area contributed by atoms with Crippen LogP contribution in [0.3, 0.4) is 0 Å². The van der Waals surface area contributed by atoms with Gasteiger partial charge in [-0.15, -0.1) is 0 Å². The van der Waals surface area contributed by atoms with Crippen LogP contribution in [0.4, 0.5) is 0 Å². The van der Waals surface area contributed by atoms with Crippen LogP contribution in [0.25, 0.3) is 0 Å². The molecule has 6 heavy (non-hydrogen) atoms. The van der Waals surface area contributed by atoms with Crippen molar-refractivity contribution in [2.75, 3.05) is 0 Å². The number of unbranched alkanes of at least 4 members (excludes halogenated alkanes) is 1. The summed E-state index contributed by atoms with van der Waals surface area (Å²) in [6, 6.07) is 2.02. The second kappa shape index (κ2) is 8.90.